The number of benzene rings is 2. The zero-order valence-corrected chi connectivity index (χ0v) is 15.6. The molecule has 2 aromatic heterocycles. The van der Waals surface area contributed by atoms with E-state index in [9.17, 15) is 14.9 Å². The van der Waals surface area contributed by atoms with Gasteiger partial charge in [-0.15, -0.1) is 0 Å². The summed E-state index contributed by atoms with van der Waals surface area (Å²) >= 11 is 6.24. The Bertz CT molecular complexity index is 1370. The van der Waals surface area contributed by atoms with Crippen LogP contribution in [0.1, 0.15) is 33.3 Å². The molecule has 2 aromatic carbocycles. The van der Waals surface area contributed by atoms with Crippen LogP contribution in [0.2, 0.25) is 5.02 Å². The molecule has 0 saturated heterocycles. The number of imidazole rings is 1. The van der Waals surface area contributed by atoms with Crippen LogP contribution in [0, 0.1) is 11.3 Å². The summed E-state index contributed by atoms with van der Waals surface area (Å²) in [6.07, 6.45) is 0. The number of nitrogens with zero attached hydrogens (tertiary/aromatic N) is 4. The number of amides is 2. The lowest BCUT2D eigenvalue weighted by Crippen LogP contribution is -2.30. The Morgan fingerprint density at radius 3 is 2.36 bits per heavy atom. The molecule has 1 aliphatic heterocycles. The van der Waals surface area contributed by atoms with Gasteiger partial charge in [0, 0.05) is 6.54 Å². The van der Waals surface area contributed by atoms with Gasteiger partial charge in [-0.2, -0.15) is 5.26 Å². The number of hydrogen-bond donors (Lipinski definition) is 0. The first-order chi connectivity index (χ1) is 13.6. The van der Waals surface area contributed by atoms with Gasteiger partial charge in [0.25, 0.3) is 11.8 Å². The first-order valence-electron chi connectivity index (χ1n) is 8.79. The Kier molecular flexibility index (Phi) is 3.39. The summed E-state index contributed by atoms with van der Waals surface area (Å²) in [6.45, 7) is 2.57. The van der Waals surface area contributed by atoms with Gasteiger partial charge in [-0.3, -0.25) is 14.0 Å². The summed E-state index contributed by atoms with van der Waals surface area (Å²) < 4.78 is 3.68. The summed E-state index contributed by atoms with van der Waals surface area (Å²) in [4.78, 5) is 27.6. The number of imide groups is 1. The number of aromatic nitrogens is 2. The first-order valence-corrected chi connectivity index (χ1v) is 9.17. The molecule has 0 spiro atoms. The average Bonchev–Trinajstić information content (AvgIpc) is 3.29. The second-order valence-electron chi connectivity index (χ2n) is 6.50. The highest BCUT2D eigenvalue weighted by molar-refractivity contribution is 6.40. The van der Waals surface area contributed by atoms with Crippen LogP contribution in [0.4, 0.5) is 5.69 Å². The van der Waals surface area contributed by atoms with Crippen LogP contribution < -0.4 is 4.90 Å². The monoisotopic (exact) mass is 388 g/mol. The number of para-hydroxylation sites is 3. The highest BCUT2D eigenvalue weighted by atomic mass is 35.5. The number of carbonyl (C=O) groups excluding carboxylic acids is 2. The molecule has 6 nitrogen and oxygen atoms in total. The number of carbonyl (C=O) groups is 2. The number of aryl methyl sites for hydroxylation is 1. The van der Waals surface area contributed by atoms with Gasteiger partial charge in [0.05, 0.1) is 27.3 Å². The maximum atomic E-state index is 13.4. The minimum Gasteiger partial charge on any atom is -0.325 e. The van der Waals surface area contributed by atoms with Gasteiger partial charge in [0.15, 0.2) is 0 Å². The Morgan fingerprint density at radius 2 is 1.68 bits per heavy atom. The molecule has 0 saturated carbocycles. The van der Waals surface area contributed by atoms with E-state index in [4.69, 9.17) is 11.6 Å². The van der Waals surface area contributed by atoms with Crippen molar-refractivity contribution >= 4 is 45.8 Å². The zero-order chi connectivity index (χ0) is 19.6. The molecule has 0 unspecified atom stereocenters. The molecule has 0 fully saturated rings. The van der Waals surface area contributed by atoms with Gasteiger partial charge < -0.3 is 4.57 Å². The van der Waals surface area contributed by atoms with Gasteiger partial charge in [-0.1, -0.05) is 35.9 Å². The maximum absolute atomic E-state index is 13.4. The second-order valence-corrected chi connectivity index (χ2v) is 6.91. The molecule has 1 aliphatic rings. The Hall–Kier alpha value is -3.56. The second kappa shape index (κ2) is 5.72. The lowest BCUT2D eigenvalue weighted by Gasteiger charge is -2.15. The van der Waals surface area contributed by atoms with E-state index in [0.717, 1.165) is 15.9 Å². The van der Waals surface area contributed by atoms with Crippen LogP contribution in [-0.4, -0.2) is 20.8 Å². The molecule has 0 atom stereocenters. The fourth-order valence-corrected chi connectivity index (χ4v) is 4.26. The highest BCUT2D eigenvalue weighted by Gasteiger charge is 2.44. The minimum absolute atomic E-state index is 0.135. The predicted octanol–water partition coefficient (Wildman–Crippen LogP) is 4.24. The van der Waals surface area contributed by atoms with E-state index < -0.39 is 11.8 Å². The van der Waals surface area contributed by atoms with Crippen LogP contribution in [0.25, 0.3) is 16.7 Å². The van der Waals surface area contributed by atoms with Crippen molar-refractivity contribution in [1.29, 1.82) is 5.26 Å². The molecule has 0 aliphatic carbocycles. The Balaban J connectivity index is 1.90. The standard InChI is InChI=1S/C21H13ClN4O2/c1-2-24-15-9-5-6-10-16(15)25-18-17(12(11-23)19(24)25)20(27)26(21(18)28)14-8-4-3-7-13(14)22/h3-10H,2H2,1H3. The zero-order valence-electron chi connectivity index (χ0n) is 14.8. The average molecular weight is 389 g/mol. The Labute approximate surface area is 164 Å². The minimum atomic E-state index is -0.528. The molecule has 0 bridgehead atoms. The Morgan fingerprint density at radius 1 is 1.00 bits per heavy atom. The van der Waals surface area contributed by atoms with Gasteiger partial charge in [0.2, 0.25) is 0 Å². The van der Waals surface area contributed by atoms with Crippen LogP contribution in [0.15, 0.2) is 48.5 Å². The number of rotatable bonds is 2. The van der Waals surface area contributed by atoms with E-state index >= 15 is 0 Å². The van der Waals surface area contributed by atoms with Gasteiger partial charge in [0.1, 0.15) is 23.0 Å². The molecular weight excluding hydrogens is 376 g/mol. The van der Waals surface area contributed by atoms with Crippen LogP contribution >= 0.6 is 11.6 Å². The van der Waals surface area contributed by atoms with Crippen LogP contribution in [0.3, 0.4) is 0 Å². The fourth-order valence-electron chi connectivity index (χ4n) is 4.04. The molecule has 7 heteroatoms. The van der Waals surface area contributed by atoms with Crippen molar-refractivity contribution in [2.45, 2.75) is 13.5 Å². The lowest BCUT2D eigenvalue weighted by atomic mass is 10.1. The summed E-state index contributed by atoms with van der Waals surface area (Å²) in [5.41, 5.74) is 3.11. The van der Waals surface area contributed by atoms with E-state index in [1.807, 2.05) is 35.8 Å². The molecule has 28 heavy (non-hydrogen) atoms. The van der Waals surface area contributed by atoms with Crippen molar-refractivity contribution in [1.82, 2.24) is 8.97 Å². The van der Waals surface area contributed by atoms with Crippen molar-refractivity contribution in [3.8, 4) is 6.07 Å². The molecule has 2 amide bonds. The predicted molar refractivity (Wildman–Crippen MR) is 106 cm³/mol. The van der Waals surface area contributed by atoms with E-state index in [-0.39, 0.29) is 16.8 Å². The molecule has 3 heterocycles. The molecular formula is C21H13ClN4O2. The van der Waals surface area contributed by atoms with Gasteiger partial charge in [-0.05, 0) is 31.2 Å². The van der Waals surface area contributed by atoms with E-state index in [1.165, 1.54) is 0 Å². The molecule has 0 radical (unpaired) electrons. The first kappa shape index (κ1) is 16.6. The molecule has 4 aromatic rings. The smallest absolute Gasteiger partial charge is 0.283 e. The molecule has 5 rings (SSSR count). The number of nitriles is 1. The third-order valence-electron chi connectivity index (χ3n) is 5.16. The van der Waals surface area contributed by atoms with E-state index in [0.29, 0.717) is 22.9 Å². The summed E-state index contributed by atoms with van der Waals surface area (Å²) in [5.74, 6) is -1.01. The number of anilines is 1. The molecule has 136 valence electrons. The number of halogens is 1. The quantitative estimate of drug-likeness (QED) is 0.482. The van der Waals surface area contributed by atoms with Crippen molar-refractivity contribution in [2.24, 2.45) is 0 Å². The number of hydrogen-bond acceptors (Lipinski definition) is 3. The topological polar surface area (TPSA) is 70.5 Å². The normalized spacial score (nSPS) is 13.5. The van der Waals surface area contributed by atoms with Crippen molar-refractivity contribution in [3.05, 3.63) is 70.4 Å². The summed E-state index contributed by atoms with van der Waals surface area (Å²) in [5, 5.41) is 10.2. The largest absolute Gasteiger partial charge is 0.325 e. The van der Waals surface area contributed by atoms with Gasteiger partial charge in [-0.25, -0.2) is 4.90 Å². The van der Waals surface area contributed by atoms with E-state index in [1.54, 1.807) is 28.7 Å². The van der Waals surface area contributed by atoms with Crippen LogP contribution in [0.5, 0.6) is 0 Å². The fraction of sp³-hybridized carbons (Fsp3) is 0.0952. The number of fused-ring (bicyclic) bond motifs is 5. The van der Waals surface area contributed by atoms with Crippen molar-refractivity contribution < 1.29 is 9.59 Å². The van der Waals surface area contributed by atoms with Gasteiger partial charge >= 0.3 is 0 Å². The highest BCUT2D eigenvalue weighted by Crippen LogP contribution is 2.39. The SMILES string of the molecule is CCn1c2ccccc2n2c3c(c(C#N)c12)C(=O)N(c1ccccc1Cl)C3=O. The lowest BCUT2D eigenvalue weighted by molar-refractivity contribution is 0.0924. The maximum Gasteiger partial charge on any atom is 0.283 e. The van der Waals surface area contributed by atoms with Crippen LogP contribution in [-0.2, 0) is 6.54 Å². The van der Waals surface area contributed by atoms with E-state index in [2.05, 4.69) is 6.07 Å². The summed E-state index contributed by atoms with van der Waals surface area (Å²) in [6, 6.07) is 16.4. The third-order valence-corrected chi connectivity index (χ3v) is 5.48. The third kappa shape index (κ3) is 1.86. The molecule has 0 N–H and O–H groups in total. The summed E-state index contributed by atoms with van der Waals surface area (Å²) in [7, 11) is 0. The van der Waals surface area contributed by atoms with Crippen molar-refractivity contribution in [2.75, 3.05) is 4.90 Å². The van der Waals surface area contributed by atoms with Crippen molar-refractivity contribution in [3.63, 3.8) is 0 Å².